The number of hydrogen-bond donors (Lipinski definition) is 0. The summed E-state index contributed by atoms with van der Waals surface area (Å²) in [6, 6.07) is 55.3. The molecule has 50 heavy (non-hydrogen) atoms. The molecular weight excluding hydrogens is 613 g/mol. The highest BCUT2D eigenvalue weighted by molar-refractivity contribution is 6.10. The molecule has 0 N–H and O–H groups in total. The lowest BCUT2D eigenvalue weighted by Gasteiger charge is -2.42. The third-order valence-corrected chi connectivity index (χ3v) is 10.2. The van der Waals surface area contributed by atoms with E-state index in [0.29, 0.717) is 5.95 Å². The van der Waals surface area contributed by atoms with Crippen LogP contribution in [0.1, 0.15) is 25.0 Å². The smallest absolute Gasteiger partial charge is 0.236 e. The van der Waals surface area contributed by atoms with Crippen LogP contribution in [0.5, 0.6) is 11.5 Å². The van der Waals surface area contributed by atoms with Crippen molar-refractivity contribution < 1.29 is 4.74 Å². The maximum atomic E-state index is 6.33. The molecule has 0 bridgehead atoms. The minimum atomic E-state index is -0.112. The molecule has 10 rings (SSSR count). The summed E-state index contributed by atoms with van der Waals surface area (Å²) in [4.78, 5) is 15.2. The first kappa shape index (κ1) is 28.5. The Labute approximate surface area is 290 Å². The van der Waals surface area contributed by atoms with E-state index in [-0.39, 0.29) is 5.41 Å². The van der Waals surface area contributed by atoms with E-state index in [1.807, 2.05) is 36.4 Å². The van der Waals surface area contributed by atoms with Gasteiger partial charge in [-0.05, 0) is 71.1 Å². The number of hydrogen-bond acceptors (Lipinski definition) is 5. The van der Waals surface area contributed by atoms with Gasteiger partial charge in [-0.15, -0.1) is 0 Å². The lowest BCUT2D eigenvalue weighted by Crippen LogP contribution is -2.30. The van der Waals surface area contributed by atoms with Crippen molar-refractivity contribution in [3.05, 3.63) is 169 Å². The summed E-state index contributed by atoms with van der Waals surface area (Å²) in [6.45, 7) is 4.63. The zero-order valence-electron chi connectivity index (χ0n) is 27.7. The summed E-state index contributed by atoms with van der Waals surface area (Å²) in [7, 11) is 0. The van der Waals surface area contributed by atoms with Gasteiger partial charge in [-0.1, -0.05) is 117 Å². The molecule has 0 aliphatic carbocycles. The lowest BCUT2D eigenvalue weighted by molar-refractivity contribution is 0.476. The number of anilines is 6. The van der Waals surface area contributed by atoms with Crippen molar-refractivity contribution >= 4 is 56.1 Å². The second-order valence-corrected chi connectivity index (χ2v) is 13.5. The van der Waals surface area contributed by atoms with Gasteiger partial charge in [-0.2, -0.15) is 0 Å². The molecule has 3 heterocycles. The van der Waals surface area contributed by atoms with E-state index in [1.54, 1.807) is 0 Å². The van der Waals surface area contributed by atoms with Crippen molar-refractivity contribution in [3.63, 3.8) is 0 Å². The van der Waals surface area contributed by atoms with Gasteiger partial charge in [0.05, 0.1) is 34.0 Å². The van der Waals surface area contributed by atoms with Crippen LogP contribution >= 0.6 is 0 Å². The second kappa shape index (κ2) is 10.8. The Hall–Kier alpha value is -6.46. The average Bonchev–Trinajstić information content (AvgIpc) is 3.17. The molecule has 0 radical (unpaired) electrons. The van der Waals surface area contributed by atoms with E-state index in [4.69, 9.17) is 14.7 Å². The van der Waals surface area contributed by atoms with Gasteiger partial charge >= 0.3 is 0 Å². The zero-order chi connectivity index (χ0) is 33.4. The van der Waals surface area contributed by atoms with Crippen LogP contribution < -0.4 is 14.5 Å². The highest BCUT2D eigenvalue weighted by Crippen LogP contribution is 2.52. The number of fused-ring (bicyclic) bond motifs is 7. The molecule has 5 nitrogen and oxygen atoms in total. The highest BCUT2D eigenvalue weighted by Gasteiger charge is 2.36. The maximum Gasteiger partial charge on any atom is 0.236 e. The quantitative estimate of drug-likeness (QED) is 0.179. The monoisotopic (exact) mass is 644 g/mol. The first-order valence-corrected chi connectivity index (χ1v) is 17.0. The summed E-state index contributed by atoms with van der Waals surface area (Å²) in [5.74, 6) is 2.13. The third kappa shape index (κ3) is 4.20. The molecule has 1 aromatic heterocycles. The molecule has 7 aromatic carbocycles. The first-order chi connectivity index (χ1) is 24.6. The van der Waals surface area contributed by atoms with Gasteiger partial charge < -0.3 is 9.64 Å². The summed E-state index contributed by atoms with van der Waals surface area (Å²) >= 11 is 0. The Morgan fingerprint density at radius 2 is 1.04 bits per heavy atom. The molecule has 0 amide bonds. The molecule has 238 valence electrons. The van der Waals surface area contributed by atoms with Gasteiger partial charge in [0.2, 0.25) is 5.95 Å². The van der Waals surface area contributed by atoms with Crippen LogP contribution in [0.4, 0.5) is 34.4 Å². The van der Waals surface area contributed by atoms with Gasteiger partial charge in [-0.3, -0.25) is 4.90 Å². The molecule has 0 saturated carbocycles. The Bertz CT molecular complexity index is 2530. The normalized spacial score (nSPS) is 14.0. The van der Waals surface area contributed by atoms with Crippen molar-refractivity contribution in [2.75, 3.05) is 9.80 Å². The van der Waals surface area contributed by atoms with Crippen LogP contribution in [0.25, 0.3) is 32.9 Å². The van der Waals surface area contributed by atoms with E-state index in [0.717, 1.165) is 61.5 Å². The minimum absolute atomic E-state index is 0.112. The number of nitrogens with zero attached hydrogens (tertiary/aromatic N) is 4. The Balaban J connectivity index is 1.18. The summed E-state index contributed by atoms with van der Waals surface area (Å²) in [5, 5.41) is 3.23. The van der Waals surface area contributed by atoms with Gasteiger partial charge in [-0.25, -0.2) is 9.97 Å². The molecule has 0 fully saturated rings. The molecule has 0 atom stereocenters. The molecule has 2 aliphatic rings. The van der Waals surface area contributed by atoms with Gasteiger partial charge in [0.15, 0.2) is 11.5 Å². The Morgan fingerprint density at radius 1 is 0.480 bits per heavy atom. The minimum Gasteiger partial charge on any atom is -0.453 e. The largest absolute Gasteiger partial charge is 0.453 e. The van der Waals surface area contributed by atoms with Crippen LogP contribution in [-0.4, -0.2) is 9.97 Å². The molecule has 8 aromatic rings. The standard InChI is InChI=1S/C45H32N4O/c1-45(2)34-15-5-7-17-36(34)48(37-18-8-6-16-35(37)45)31-26-23-30(24-27-31)42-33-28-25-29-13-3-4-14-32(29)43(33)47-44(46-42)49-38-19-9-11-21-40(38)50-41-22-12-10-20-39(41)49/h3-28H,1-2H3. The Morgan fingerprint density at radius 3 is 1.70 bits per heavy atom. The predicted octanol–water partition coefficient (Wildman–Crippen LogP) is 12.1. The van der Waals surface area contributed by atoms with Crippen LogP contribution in [0.2, 0.25) is 0 Å². The van der Waals surface area contributed by atoms with Crippen molar-refractivity contribution in [1.82, 2.24) is 9.97 Å². The predicted molar refractivity (Wildman–Crippen MR) is 204 cm³/mol. The highest BCUT2D eigenvalue weighted by atomic mass is 16.5. The molecule has 0 spiro atoms. The van der Waals surface area contributed by atoms with E-state index in [9.17, 15) is 0 Å². The summed E-state index contributed by atoms with van der Waals surface area (Å²) in [5.41, 5.74) is 10.6. The van der Waals surface area contributed by atoms with Crippen LogP contribution in [0.3, 0.4) is 0 Å². The van der Waals surface area contributed by atoms with E-state index >= 15 is 0 Å². The molecule has 2 aliphatic heterocycles. The number of benzene rings is 7. The number of rotatable bonds is 3. The number of para-hydroxylation sites is 6. The number of ether oxygens (including phenoxy) is 1. The zero-order valence-corrected chi connectivity index (χ0v) is 27.7. The first-order valence-electron chi connectivity index (χ1n) is 17.0. The van der Waals surface area contributed by atoms with Crippen molar-refractivity contribution in [2.24, 2.45) is 0 Å². The Kier molecular flexibility index (Phi) is 6.15. The van der Waals surface area contributed by atoms with Crippen molar-refractivity contribution in [1.29, 1.82) is 0 Å². The van der Waals surface area contributed by atoms with Crippen molar-refractivity contribution in [3.8, 4) is 22.8 Å². The van der Waals surface area contributed by atoms with Crippen LogP contribution in [-0.2, 0) is 5.41 Å². The second-order valence-electron chi connectivity index (χ2n) is 13.5. The number of aromatic nitrogens is 2. The van der Waals surface area contributed by atoms with E-state index in [1.165, 1.54) is 22.5 Å². The van der Waals surface area contributed by atoms with Crippen molar-refractivity contribution in [2.45, 2.75) is 19.3 Å². The summed E-state index contributed by atoms with van der Waals surface area (Å²) < 4.78 is 6.33. The summed E-state index contributed by atoms with van der Waals surface area (Å²) in [6.07, 6.45) is 0. The molecule has 0 unspecified atom stereocenters. The fourth-order valence-electron chi connectivity index (χ4n) is 7.81. The maximum absolute atomic E-state index is 6.33. The molecule has 5 heteroatoms. The van der Waals surface area contributed by atoms with Gasteiger partial charge in [0.25, 0.3) is 0 Å². The fourth-order valence-corrected chi connectivity index (χ4v) is 7.81. The fraction of sp³-hybridized carbons (Fsp3) is 0.0667. The van der Waals surface area contributed by atoms with E-state index in [2.05, 4.69) is 145 Å². The topological polar surface area (TPSA) is 41.5 Å². The van der Waals surface area contributed by atoms with Crippen LogP contribution in [0.15, 0.2) is 158 Å². The van der Waals surface area contributed by atoms with Crippen LogP contribution in [0, 0.1) is 0 Å². The average molecular weight is 645 g/mol. The molecule has 0 saturated heterocycles. The van der Waals surface area contributed by atoms with Gasteiger partial charge in [0, 0.05) is 27.4 Å². The van der Waals surface area contributed by atoms with E-state index < -0.39 is 0 Å². The van der Waals surface area contributed by atoms with Gasteiger partial charge in [0.1, 0.15) is 0 Å². The SMILES string of the molecule is CC1(C)c2ccccc2N(c2ccc(-c3nc(N4c5ccccc5Oc5ccccc54)nc4c3ccc3ccccc34)cc2)c2ccccc21. The lowest BCUT2D eigenvalue weighted by atomic mass is 9.73. The third-order valence-electron chi connectivity index (χ3n) is 10.2. The molecular formula is C45H32N4O.